The van der Waals surface area contributed by atoms with Gasteiger partial charge in [0, 0.05) is 5.75 Å². The average Bonchev–Trinajstić information content (AvgIpc) is 2.92. The van der Waals surface area contributed by atoms with Crippen molar-refractivity contribution in [2.45, 2.75) is 6.42 Å². The Labute approximate surface area is 116 Å². The van der Waals surface area contributed by atoms with E-state index < -0.39 is 0 Å². The van der Waals surface area contributed by atoms with Gasteiger partial charge < -0.3 is 5.32 Å². The van der Waals surface area contributed by atoms with Gasteiger partial charge in [0.25, 0.3) is 0 Å². The van der Waals surface area contributed by atoms with Crippen molar-refractivity contribution in [3.63, 3.8) is 0 Å². The van der Waals surface area contributed by atoms with Crippen LogP contribution in [0, 0.1) is 0 Å². The first kappa shape index (κ1) is 12.2. The van der Waals surface area contributed by atoms with Gasteiger partial charge in [0.05, 0.1) is 13.0 Å². The molecule has 2 aromatic rings. The molecule has 0 aliphatic carbocycles. The maximum absolute atomic E-state index is 12.0. The second kappa shape index (κ2) is 5.45. The minimum absolute atomic E-state index is 0.00417. The van der Waals surface area contributed by atoms with Crippen LogP contribution in [-0.4, -0.2) is 23.4 Å². The van der Waals surface area contributed by atoms with Crippen molar-refractivity contribution in [2.24, 2.45) is 4.99 Å². The summed E-state index contributed by atoms with van der Waals surface area (Å²) in [6.07, 6.45) is 0.390. The Morgan fingerprint density at radius 2 is 2.05 bits per heavy atom. The van der Waals surface area contributed by atoms with Gasteiger partial charge in [0.1, 0.15) is 0 Å². The number of nitrogens with one attached hydrogen (secondary N) is 1. The Morgan fingerprint density at radius 3 is 2.89 bits per heavy atom. The van der Waals surface area contributed by atoms with Gasteiger partial charge >= 0.3 is 0 Å². The van der Waals surface area contributed by atoms with Crippen LogP contribution in [0.25, 0.3) is 10.8 Å². The number of aliphatic imine (C=N–C) groups is 1. The van der Waals surface area contributed by atoms with E-state index in [9.17, 15) is 4.79 Å². The van der Waals surface area contributed by atoms with Gasteiger partial charge in [0.2, 0.25) is 5.91 Å². The van der Waals surface area contributed by atoms with E-state index in [0.29, 0.717) is 6.42 Å². The molecule has 3 rings (SSSR count). The monoisotopic (exact) mass is 270 g/mol. The zero-order valence-electron chi connectivity index (χ0n) is 10.4. The molecule has 0 spiro atoms. The van der Waals surface area contributed by atoms with Gasteiger partial charge in [-0.1, -0.05) is 54.2 Å². The minimum Gasteiger partial charge on any atom is -0.305 e. The predicted octanol–water partition coefficient (Wildman–Crippen LogP) is 2.60. The molecule has 0 unspecified atom stereocenters. The number of rotatable bonds is 2. The molecule has 1 aliphatic rings. The fourth-order valence-electron chi connectivity index (χ4n) is 2.19. The lowest BCUT2D eigenvalue weighted by atomic mass is 10.0. The zero-order chi connectivity index (χ0) is 13.1. The minimum atomic E-state index is 0.00417. The van der Waals surface area contributed by atoms with Gasteiger partial charge in [-0.3, -0.25) is 9.79 Å². The molecular formula is C15H14N2OS. The number of fused-ring (bicyclic) bond motifs is 1. The molecule has 0 saturated carbocycles. The molecule has 0 saturated heterocycles. The van der Waals surface area contributed by atoms with Crippen molar-refractivity contribution in [2.75, 3.05) is 12.3 Å². The van der Waals surface area contributed by atoms with Gasteiger partial charge in [-0.25, -0.2) is 0 Å². The fraction of sp³-hybridized carbons (Fsp3) is 0.200. The van der Waals surface area contributed by atoms with Crippen molar-refractivity contribution >= 4 is 33.6 Å². The first-order valence-electron chi connectivity index (χ1n) is 6.27. The molecule has 0 radical (unpaired) electrons. The molecule has 4 heteroatoms. The van der Waals surface area contributed by atoms with E-state index in [-0.39, 0.29) is 5.91 Å². The topological polar surface area (TPSA) is 41.5 Å². The summed E-state index contributed by atoms with van der Waals surface area (Å²) in [5, 5.41) is 5.93. The second-order valence-electron chi connectivity index (χ2n) is 4.40. The summed E-state index contributed by atoms with van der Waals surface area (Å²) in [6, 6.07) is 14.2. The summed E-state index contributed by atoms with van der Waals surface area (Å²) >= 11 is 1.60. The van der Waals surface area contributed by atoms with Crippen LogP contribution in [0.1, 0.15) is 5.56 Å². The molecule has 3 nitrogen and oxygen atoms in total. The van der Waals surface area contributed by atoms with E-state index in [1.807, 2.05) is 24.3 Å². The molecule has 0 aromatic heterocycles. The Kier molecular flexibility index (Phi) is 3.51. The van der Waals surface area contributed by atoms with Gasteiger partial charge in [-0.15, -0.1) is 0 Å². The van der Waals surface area contributed by atoms with E-state index in [1.54, 1.807) is 11.8 Å². The Bertz CT molecular complexity index is 646. The molecule has 19 heavy (non-hydrogen) atoms. The van der Waals surface area contributed by atoms with Crippen LogP contribution in [0.2, 0.25) is 0 Å². The summed E-state index contributed by atoms with van der Waals surface area (Å²) in [7, 11) is 0. The average molecular weight is 270 g/mol. The highest BCUT2D eigenvalue weighted by molar-refractivity contribution is 8.14. The third-order valence-corrected chi connectivity index (χ3v) is 3.95. The van der Waals surface area contributed by atoms with Crippen molar-refractivity contribution < 1.29 is 4.79 Å². The maximum atomic E-state index is 12.0. The van der Waals surface area contributed by atoms with Gasteiger partial charge in [-0.2, -0.15) is 0 Å². The lowest BCUT2D eigenvalue weighted by molar-refractivity contribution is -0.118. The molecule has 1 N–H and O–H groups in total. The summed E-state index contributed by atoms with van der Waals surface area (Å²) in [5.74, 6) is 0.966. The van der Waals surface area contributed by atoms with Crippen LogP contribution in [-0.2, 0) is 11.2 Å². The zero-order valence-corrected chi connectivity index (χ0v) is 11.2. The second-order valence-corrected chi connectivity index (χ2v) is 5.48. The number of hydrogen-bond donors (Lipinski definition) is 1. The predicted molar refractivity (Wildman–Crippen MR) is 80.6 cm³/mol. The first-order chi connectivity index (χ1) is 9.33. The number of carbonyl (C=O) groups is 1. The highest BCUT2D eigenvalue weighted by Gasteiger charge is 2.12. The van der Waals surface area contributed by atoms with Gasteiger partial charge in [0.15, 0.2) is 5.17 Å². The molecule has 1 amide bonds. The van der Waals surface area contributed by atoms with Crippen LogP contribution in [0.5, 0.6) is 0 Å². The summed E-state index contributed by atoms with van der Waals surface area (Å²) in [4.78, 5) is 16.2. The number of carbonyl (C=O) groups excluding carboxylic acids is 1. The van der Waals surface area contributed by atoms with Crippen LogP contribution in [0.15, 0.2) is 47.5 Å². The van der Waals surface area contributed by atoms with E-state index in [2.05, 4.69) is 28.5 Å². The van der Waals surface area contributed by atoms with Crippen molar-refractivity contribution in [1.82, 2.24) is 5.32 Å². The smallest absolute Gasteiger partial charge is 0.230 e. The summed E-state index contributed by atoms with van der Waals surface area (Å²) < 4.78 is 0. The highest BCUT2D eigenvalue weighted by atomic mass is 32.2. The standard InChI is InChI=1S/C15H14N2OS/c18-14(17-15-16-8-9-19-15)10-12-6-3-5-11-4-1-2-7-13(11)12/h1-7H,8-10H2,(H,16,17,18). The number of hydrogen-bond acceptors (Lipinski definition) is 3. The number of amides is 1. The SMILES string of the molecule is O=C(Cc1cccc2ccccc12)NC1=NCCS1. The van der Waals surface area contributed by atoms with E-state index >= 15 is 0 Å². The third-order valence-electron chi connectivity index (χ3n) is 3.06. The van der Waals surface area contributed by atoms with E-state index in [0.717, 1.165) is 28.4 Å². The van der Waals surface area contributed by atoms with Crippen molar-refractivity contribution in [3.8, 4) is 0 Å². The quantitative estimate of drug-likeness (QED) is 0.911. The van der Waals surface area contributed by atoms with Crippen LogP contribution < -0.4 is 5.32 Å². The fourth-order valence-corrected chi connectivity index (χ4v) is 2.94. The Hall–Kier alpha value is -1.81. The van der Waals surface area contributed by atoms with E-state index in [4.69, 9.17) is 0 Å². The Morgan fingerprint density at radius 1 is 1.21 bits per heavy atom. The van der Waals surface area contributed by atoms with E-state index in [1.165, 1.54) is 5.39 Å². The molecule has 0 bridgehead atoms. The number of amidine groups is 1. The maximum Gasteiger partial charge on any atom is 0.230 e. The van der Waals surface area contributed by atoms with Crippen molar-refractivity contribution in [3.05, 3.63) is 48.0 Å². The van der Waals surface area contributed by atoms with Crippen molar-refractivity contribution in [1.29, 1.82) is 0 Å². The highest BCUT2D eigenvalue weighted by Crippen LogP contribution is 2.19. The lowest BCUT2D eigenvalue weighted by Crippen LogP contribution is -2.28. The normalized spacial score (nSPS) is 14.4. The van der Waals surface area contributed by atoms with Crippen LogP contribution in [0.3, 0.4) is 0 Å². The summed E-state index contributed by atoms with van der Waals surface area (Å²) in [6.45, 7) is 0.800. The Balaban J connectivity index is 1.79. The number of benzene rings is 2. The molecule has 1 aliphatic heterocycles. The summed E-state index contributed by atoms with van der Waals surface area (Å²) in [5.41, 5.74) is 1.05. The molecule has 1 heterocycles. The first-order valence-corrected chi connectivity index (χ1v) is 7.25. The molecule has 2 aromatic carbocycles. The number of nitrogens with zero attached hydrogens (tertiary/aromatic N) is 1. The molecule has 96 valence electrons. The lowest BCUT2D eigenvalue weighted by Gasteiger charge is -2.07. The molecular weight excluding hydrogens is 256 g/mol. The molecule has 0 fully saturated rings. The largest absolute Gasteiger partial charge is 0.305 e. The van der Waals surface area contributed by atoms with Gasteiger partial charge in [-0.05, 0) is 16.3 Å². The van der Waals surface area contributed by atoms with Crippen LogP contribution in [0.4, 0.5) is 0 Å². The third kappa shape index (κ3) is 2.79. The van der Waals surface area contributed by atoms with Crippen LogP contribution >= 0.6 is 11.8 Å². The number of thioether (sulfide) groups is 1. The molecule has 0 atom stereocenters.